The van der Waals surface area contributed by atoms with Crippen LogP contribution in [0.4, 0.5) is 0 Å². The van der Waals surface area contributed by atoms with Gasteiger partial charge in [0.2, 0.25) is 0 Å². The van der Waals surface area contributed by atoms with Gasteiger partial charge < -0.3 is 48.5 Å². The number of fused-ring (bicyclic) bond motifs is 1. The quantitative estimate of drug-likeness (QED) is 0.134. The van der Waals surface area contributed by atoms with Crippen LogP contribution in [0.5, 0.6) is 0 Å². The fraction of sp³-hybridized carbons (Fsp3) is 0.613. The maximum Gasteiger partial charge on any atom is 0.264 e. The molecule has 0 saturated carbocycles. The summed E-state index contributed by atoms with van der Waals surface area (Å²) < 4.78 is 37.0. The molecule has 4 N–H and O–H groups in total. The lowest BCUT2D eigenvalue weighted by Crippen LogP contribution is -2.71. The molecule has 2 aromatic rings. The van der Waals surface area contributed by atoms with Crippen LogP contribution in [0.25, 0.3) is 10.4 Å². The zero-order chi connectivity index (χ0) is 32.6. The molecule has 0 aromatic heterocycles. The fourth-order valence-corrected chi connectivity index (χ4v) is 11.2. The molecule has 246 valence electrons. The molecule has 0 aliphatic carbocycles. The summed E-state index contributed by atoms with van der Waals surface area (Å²) in [5, 5.41) is 48.6. The monoisotopic (exact) mass is 645 g/mol. The Morgan fingerprint density at radius 3 is 1.89 bits per heavy atom. The molecule has 5 rings (SSSR count). The average molecular weight is 646 g/mol. The van der Waals surface area contributed by atoms with Gasteiger partial charge in [-0.15, -0.1) is 0 Å². The van der Waals surface area contributed by atoms with Crippen LogP contribution in [0.3, 0.4) is 0 Å². The molecule has 14 heteroatoms. The highest BCUT2D eigenvalue weighted by atomic mass is 28.4. The summed E-state index contributed by atoms with van der Waals surface area (Å²) >= 11 is 0. The molecule has 10 atom stereocenters. The first kappa shape index (κ1) is 33.9. The molecule has 3 saturated heterocycles. The van der Waals surface area contributed by atoms with Crippen LogP contribution in [0, 0.1) is 0 Å². The second kappa shape index (κ2) is 13.4. The first-order chi connectivity index (χ1) is 21.4. The molecule has 3 aliphatic rings. The highest BCUT2D eigenvalue weighted by Crippen LogP contribution is 2.41. The van der Waals surface area contributed by atoms with Crippen molar-refractivity contribution in [2.45, 2.75) is 107 Å². The summed E-state index contributed by atoms with van der Waals surface area (Å²) in [7, 11) is -3.26. The lowest BCUT2D eigenvalue weighted by atomic mass is 9.96. The SMILES string of the molecule is CC1(C)O[C@@H]2[C@@H](O)[C@H](O[C@H]3[C@H](O)[C@@H](N=[N+]=[N-])[C@H](O[Si](c4ccccc4)(c4ccccc4)C(C)(C)C)O[C@@H]3CO)O[C@H](CO)[C@@H]2O1. The third-order valence-corrected chi connectivity index (χ3v) is 13.6. The van der Waals surface area contributed by atoms with E-state index in [1.54, 1.807) is 13.8 Å². The minimum absolute atomic E-state index is 0.448. The Bertz CT molecular complexity index is 1290. The number of benzene rings is 2. The van der Waals surface area contributed by atoms with E-state index in [2.05, 4.69) is 30.8 Å². The number of azide groups is 1. The number of aliphatic hydroxyl groups excluding tert-OH is 4. The van der Waals surface area contributed by atoms with Crippen molar-refractivity contribution in [1.82, 2.24) is 0 Å². The standard InChI is InChI=1S/C31H43N3O10Si/c1-30(2,3)45(18-12-8-6-9-13-18,19-14-10-7-11-15-19)44-28-22(33-34-32)23(37)25(20(16-35)39-28)41-29-24(38)27-26(21(17-36)40-29)42-31(4,5)43-27/h6-15,20-29,35-38H,16-17H2,1-5H3/t20-,21-,22-,23-,24-,25-,26+,27-,28+,29+/m1/s1. The van der Waals surface area contributed by atoms with E-state index in [4.69, 9.17) is 28.1 Å². The van der Waals surface area contributed by atoms with E-state index in [-0.39, 0.29) is 0 Å². The summed E-state index contributed by atoms with van der Waals surface area (Å²) in [5.74, 6) is -1.04. The molecule has 3 heterocycles. The third-order valence-electron chi connectivity index (χ3n) is 8.64. The lowest BCUT2D eigenvalue weighted by molar-refractivity contribution is -0.333. The molecule has 2 aromatic carbocycles. The van der Waals surface area contributed by atoms with Gasteiger partial charge in [0.1, 0.15) is 42.7 Å². The molecule has 3 fully saturated rings. The predicted molar refractivity (Wildman–Crippen MR) is 164 cm³/mol. The van der Waals surface area contributed by atoms with Crippen molar-refractivity contribution in [2.75, 3.05) is 13.2 Å². The molecule has 0 bridgehead atoms. The normalized spacial score (nSPS) is 35.0. The summed E-state index contributed by atoms with van der Waals surface area (Å²) in [5.41, 5.74) is 9.57. The zero-order valence-corrected chi connectivity index (χ0v) is 27.0. The second-order valence-corrected chi connectivity index (χ2v) is 17.3. The van der Waals surface area contributed by atoms with Crippen LogP contribution in [0.15, 0.2) is 65.8 Å². The Morgan fingerprint density at radius 1 is 0.844 bits per heavy atom. The van der Waals surface area contributed by atoms with Crippen LogP contribution in [0.2, 0.25) is 5.04 Å². The smallest absolute Gasteiger partial charge is 0.264 e. The fourth-order valence-electron chi connectivity index (χ4n) is 6.63. The maximum absolute atomic E-state index is 11.7. The van der Waals surface area contributed by atoms with Gasteiger partial charge >= 0.3 is 0 Å². The van der Waals surface area contributed by atoms with E-state index < -0.39 is 93.7 Å². The van der Waals surface area contributed by atoms with Gasteiger partial charge in [0.05, 0.1) is 19.3 Å². The van der Waals surface area contributed by atoms with Gasteiger partial charge in [-0.3, -0.25) is 0 Å². The van der Waals surface area contributed by atoms with Crippen LogP contribution in [-0.2, 0) is 28.1 Å². The zero-order valence-electron chi connectivity index (χ0n) is 26.0. The number of aliphatic hydroxyl groups is 4. The number of hydrogen-bond donors (Lipinski definition) is 4. The van der Waals surface area contributed by atoms with Crippen molar-refractivity contribution in [3.05, 3.63) is 71.1 Å². The van der Waals surface area contributed by atoms with Gasteiger partial charge in [0, 0.05) is 4.91 Å². The van der Waals surface area contributed by atoms with Gasteiger partial charge in [0.15, 0.2) is 18.4 Å². The number of nitrogens with zero attached hydrogens (tertiary/aromatic N) is 3. The topological polar surface area (TPSA) is 185 Å². The van der Waals surface area contributed by atoms with E-state index in [9.17, 15) is 26.0 Å². The van der Waals surface area contributed by atoms with Crippen molar-refractivity contribution in [3.8, 4) is 0 Å². The molecule has 45 heavy (non-hydrogen) atoms. The van der Waals surface area contributed by atoms with E-state index in [1.807, 2.05) is 60.7 Å². The summed E-state index contributed by atoms with van der Waals surface area (Å²) in [6.07, 6.45) is -10.7. The average Bonchev–Trinajstić information content (AvgIpc) is 3.35. The van der Waals surface area contributed by atoms with Gasteiger partial charge in [-0.25, -0.2) is 0 Å². The summed E-state index contributed by atoms with van der Waals surface area (Å²) in [6, 6.07) is 18.2. The highest BCUT2D eigenvalue weighted by Gasteiger charge is 2.59. The number of ether oxygens (including phenoxy) is 5. The minimum atomic E-state index is -3.26. The Morgan fingerprint density at radius 2 is 1.38 bits per heavy atom. The summed E-state index contributed by atoms with van der Waals surface area (Å²) in [4.78, 5) is 2.98. The molecule has 0 unspecified atom stereocenters. The molecular formula is C31H43N3O10Si. The number of rotatable bonds is 9. The largest absolute Gasteiger partial charge is 0.394 e. The van der Waals surface area contributed by atoms with Gasteiger partial charge in [-0.05, 0) is 34.8 Å². The Kier molecular flexibility index (Phi) is 10.1. The molecule has 13 nitrogen and oxygen atoms in total. The van der Waals surface area contributed by atoms with Crippen LogP contribution in [0.1, 0.15) is 34.6 Å². The minimum Gasteiger partial charge on any atom is -0.394 e. The Balaban J connectivity index is 1.48. The van der Waals surface area contributed by atoms with Crippen molar-refractivity contribution in [2.24, 2.45) is 5.11 Å². The Hall–Kier alpha value is -2.43. The third kappa shape index (κ3) is 6.43. The summed E-state index contributed by atoms with van der Waals surface area (Å²) in [6.45, 7) is 8.52. The predicted octanol–water partition coefficient (Wildman–Crippen LogP) is 1.30. The first-order valence-corrected chi connectivity index (χ1v) is 17.0. The molecule has 0 radical (unpaired) electrons. The van der Waals surface area contributed by atoms with Crippen molar-refractivity contribution < 1.29 is 48.5 Å². The highest BCUT2D eigenvalue weighted by molar-refractivity contribution is 6.99. The van der Waals surface area contributed by atoms with Gasteiger partial charge in [-0.1, -0.05) is 86.5 Å². The van der Waals surface area contributed by atoms with Crippen molar-refractivity contribution in [1.29, 1.82) is 0 Å². The van der Waals surface area contributed by atoms with Crippen LogP contribution < -0.4 is 10.4 Å². The van der Waals surface area contributed by atoms with E-state index in [1.165, 1.54) is 0 Å². The maximum atomic E-state index is 11.7. The lowest BCUT2D eigenvalue weighted by Gasteiger charge is -2.50. The molecule has 0 spiro atoms. The van der Waals surface area contributed by atoms with Gasteiger partial charge in [-0.2, -0.15) is 0 Å². The Labute approximate surface area is 263 Å². The van der Waals surface area contributed by atoms with Crippen molar-refractivity contribution >= 4 is 18.7 Å². The first-order valence-electron chi connectivity index (χ1n) is 15.1. The van der Waals surface area contributed by atoms with E-state index in [0.29, 0.717) is 0 Å². The van der Waals surface area contributed by atoms with Crippen molar-refractivity contribution in [3.63, 3.8) is 0 Å². The van der Waals surface area contributed by atoms with Crippen LogP contribution >= 0.6 is 0 Å². The molecule has 3 aliphatic heterocycles. The number of hydrogen-bond acceptors (Lipinski definition) is 11. The second-order valence-electron chi connectivity index (χ2n) is 13.1. The van der Waals surface area contributed by atoms with Crippen LogP contribution in [-0.4, -0.2) is 109 Å². The molecular weight excluding hydrogens is 602 g/mol. The van der Waals surface area contributed by atoms with E-state index in [0.717, 1.165) is 10.4 Å². The molecule has 0 amide bonds. The van der Waals surface area contributed by atoms with Gasteiger partial charge in [0.25, 0.3) is 8.32 Å². The van der Waals surface area contributed by atoms with E-state index >= 15 is 0 Å².